The summed E-state index contributed by atoms with van der Waals surface area (Å²) >= 11 is 0. The predicted octanol–water partition coefficient (Wildman–Crippen LogP) is 1.39. The number of aromatic carboxylic acids is 1. The summed E-state index contributed by atoms with van der Waals surface area (Å²) in [4.78, 5) is 40.5. The molecule has 0 bridgehead atoms. The molecule has 1 aliphatic heterocycles. The molecule has 9 nitrogen and oxygen atoms in total. The molecule has 176 valence electrons. The standard InChI is InChI=1S/C24H24FN5O4/c25-19-11-17-20(30(16-1-2-16)13-18(23(17)32)24(33)34)12-21(19)28-7-9-29(10-8-28)22(31)14-27-5-3-15(26)4-6-27/h3-6,11-13,16,26H,1-2,7-10,14H2,(H,33,34)/p+1. The molecule has 0 atom stereocenters. The van der Waals surface area contributed by atoms with Crippen LogP contribution in [0.4, 0.5) is 15.8 Å². The molecule has 1 amide bonds. The van der Waals surface area contributed by atoms with Crippen molar-refractivity contribution in [1.29, 1.82) is 0 Å². The molecule has 1 aliphatic carbocycles. The van der Waals surface area contributed by atoms with Crippen molar-refractivity contribution in [3.63, 3.8) is 0 Å². The van der Waals surface area contributed by atoms with E-state index in [1.165, 1.54) is 6.20 Å². The predicted molar refractivity (Wildman–Crippen MR) is 123 cm³/mol. The molecule has 1 saturated heterocycles. The Morgan fingerprint density at radius 3 is 2.41 bits per heavy atom. The highest BCUT2D eigenvalue weighted by molar-refractivity contribution is 5.93. The summed E-state index contributed by atoms with van der Waals surface area (Å²) in [6.07, 6.45) is 6.65. The van der Waals surface area contributed by atoms with E-state index in [1.807, 2.05) is 4.90 Å². The number of piperazine rings is 1. The molecule has 1 aromatic carbocycles. The number of carboxylic acids is 1. The van der Waals surface area contributed by atoms with Crippen molar-refractivity contribution in [1.82, 2.24) is 9.47 Å². The number of hydrogen-bond acceptors (Lipinski definition) is 5. The highest BCUT2D eigenvalue weighted by Gasteiger charge is 2.29. The Kier molecular flexibility index (Phi) is 5.43. The topological polar surface area (TPSA) is 113 Å². The van der Waals surface area contributed by atoms with Crippen molar-refractivity contribution < 1.29 is 23.7 Å². The quantitative estimate of drug-likeness (QED) is 0.550. The zero-order valence-electron chi connectivity index (χ0n) is 18.5. The number of carbonyl (C=O) groups is 2. The Morgan fingerprint density at radius 2 is 1.79 bits per heavy atom. The number of nitrogen functional groups attached to an aromatic ring is 1. The van der Waals surface area contributed by atoms with Gasteiger partial charge in [0.05, 0.1) is 11.2 Å². The van der Waals surface area contributed by atoms with E-state index in [-0.39, 0.29) is 29.4 Å². The van der Waals surface area contributed by atoms with E-state index in [4.69, 9.17) is 5.73 Å². The van der Waals surface area contributed by atoms with Crippen LogP contribution in [0.25, 0.3) is 10.9 Å². The fraction of sp³-hybridized carbons (Fsp3) is 0.333. The third kappa shape index (κ3) is 4.07. The van der Waals surface area contributed by atoms with E-state index >= 15 is 4.39 Å². The second kappa shape index (κ2) is 8.44. The second-order valence-electron chi connectivity index (χ2n) is 8.81. The second-order valence-corrected chi connectivity index (χ2v) is 8.81. The van der Waals surface area contributed by atoms with Crippen LogP contribution in [0.3, 0.4) is 0 Å². The molecule has 1 saturated carbocycles. The number of nitrogens with zero attached hydrogens (tertiary/aromatic N) is 4. The number of pyridine rings is 2. The van der Waals surface area contributed by atoms with Crippen molar-refractivity contribution in [2.75, 3.05) is 36.8 Å². The molecule has 2 aromatic heterocycles. The van der Waals surface area contributed by atoms with Gasteiger partial charge in [-0.15, -0.1) is 0 Å². The number of nitrogens with two attached hydrogens (primary N) is 1. The van der Waals surface area contributed by atoms with Crippen molar-refractivity contribution in [2.24, 2.45) is 0 Å². The number of anilines is 2. The molecule has 2 fully saturated rings. The third-order valence-corrected chi connectivity index (χ3v) is 6.48. The molecular formula is C24H25FN5O4+. The van der Waals surface area contributed by atoms with E-state index in [2.05, 4.69) is 0 Å². The lowest BCUT2D eigenvalue weighted by Gasteiger charge is -2.36. The molecule has 10 heteroatoms. The van der Waals surface area contributed by atoms with Gasteiger partial charge in [-0.2, -0.15) is 4.57 Å². The summed E-state index contributed by atoms with van der Waals surface area (Å²) in [5.41, 5.74) is 6.17. The van der Waals surface area contributed by atoms with Gasteiger partial charge in [-0.1, -0.05) is 0 Å². The summed E-state index contributed by atoms with van der Waals surface area (Å²) < 4.78 is 18.7. The van der Waals surface area contributed by atoms with Gasteiger partial charge in [0, 0.05) is 61.6 Å². The Balaban J connectivity index is 1.37. The largest absolute Gasteiger partial charge is 0.477 e. The normalized spacial score (nSPS) is 16.1. The van der Waals surface area contributed by atoms with E-state index in [9.17, 15) is 19.5 Å². The molecule has 0 radical (unpaired) electrons. The van der Waals surface area contributed by atoms with Gasteiger partial charge in [-0.25, -0.2) is 9.18 Å². The number of benzene rings is 1. The maximum atomic E-state index is 15.1. The first-order valence-corrected chi connectivity index (χ1v) is 11.2. The Morgan fingerprint density at radius 1 is 1.12 bits per heavy atom. The minimum Gasteiger partial charge on any atom is -0.477 e. The minimum absolute atomic E-state index is 0.0304. The summed E-state index contributed by atoms with van der Waals surface area (Å²) in [6.45, 7) is 1.98. The molecule has 5 rings (SSSR count). The van der Waals surface area contributed by atoms with Gasteiger partial charge in [0.2, 0.25) is 12.0 Å². The van der Waals surface area contributed by atoms with Crippen LogP contribution in [0, 0.1) is 5.82 Å². The summed E-state index contributed by atoms with van der Waals surface area (Å²) in [6, 6.07) is 6.36. The fourth-order valence-corrected chi connectivity index (χ4v) is 4.44. The van der Waals surface area contributed by atoms with Gasteiger partial charge in [-0.05, 0) is 25.0 Å². The molecule has 0 spiro atoms. The average molecular weight is 466 g/mol. The van der Waals surface area contributed by atoms with E-state index in [0.717, 1.165) is 18.9 Å². The summed E-state index contributed by atoms with van der Waals surface area (Å²) in [5.74, 6) is -1.92. The van der Waals surface area contributed by atoms with Crippen LogP contribution in [0.15, 0.2) is 47.7 Å². The minimum atomic E-state index is -1.32. The van der Waals surface area contributed by atoms with E-state index < -0.39 is 17.2 Å². The monoisotopic (exact) mass is 466 g/mol. The van der Waals surface area contributed by atoms with Crippen LogP contribution in [0.5, 0.6) is 0 Å². The number of hydrogen-bond donors (Lipinski definition) is 2. The van der Waals surface area contributed by atoms with Crippen LogP contribution in [0.1, 0.15) is 29.2 Å². The first kappa shape index (κ1) is 21.9. The van der Waals surface area contributed by atoms with Gasteiger partial charge in [0.1, 0.15) is 11.4 Å². The zero-order chi connectivity index (χ0) is 24.0. The fourth-order valence-electron chi connectivity index (χ4n) is 4.44. The first-order chi connectivity index (χ1) is 16.3. The smallest absolute Gasteiger partial charge is 0.341 e. The maximum Gasteiger partial charge on any atom is 0.341 e. The van der Waals surface area contributed by atoms with Crippen LogP contribution >= 0.6 is 0 Å². The average Bonchev–Trinajstić information content (AvgIpc) is 3.66. The van der Waals surface area contributed by atoms with E-state index in [0.29, 0.717) is 43.1 Å². The Labute approximate surface area is 194 Å². The summed E-state index contributed by atoms with van der Waals surface area (Å²) in [7, 11) is 0. The van der Waals surface area contributed by atoms with Crippen molar-refractivity contribution >= 4 is 34.2 Å². The highest BCUT2D eigenvalue weighted by Crippen LogP contribution is 2.38. The SMILES string of the molecule is Nc1cc[n+](CC(=O)N2CCN(c3cc4c(cc3F)c(=O)c(C(=O)O)cn4C3CC3)CC2)cc1. The van der Waals surface area contributed by atoms with Crippen molar-refractivity contribution in [3.05, 3.63) is 64.5 Å². The van der Waals surface area contributed by atoms with Crippen LogP contribution in [-0.4, -0.2) is 52.6 Å². The van der Waals surface area contributed by atoms with Gasteiger partial charge in [-0.3, -0.25) is 9.59 Å². The molecule has 34 heavy (non-hydrogen) atoms. The molecular weight excluding hydrogens is 441 g/mol. The zero-order valence-corrected chi connectivity index (χ0v) is 18.5. The van der Waals surface area contributed by atoms with Crippen LogP contribution < -0.4 is 20.6 Å². The number of aromatic nitrogens is 2. The number of amides is 1. The van der Waals surface area contributed by atoms with Crippen molar-refractivity contribution in [3.8, 4) is 0 Å². The van der Waals surface area contributed by atoms with Gasteiger partial charge in [0.15, 0.2) is 12.4 Å². The number of rotatable bonds is 5. The highest BCUT2D eigenvalue weighted by atomic mass is 19.1. The van der Waals surface area contributed by atoms with Gasteiger partial charge < -0.3 is 25.2 Å². The van der Waals surface area contributed by atoms with Crippen LogP contribution in [0.2, 0.25) is 0 Å². The molecule has 3 heterocycles. The first-order valence-electron chi connectivity index (χ1n) is 11.2. The maximum absolute atomic E-state index is 15.1. The third-order valence-electron chi connectivity index (χ3n) is 6.48. The lowest BCUT2D eigenvalue weighted by Crippen LogP contribution is -2.52. The molecule has 3 N–H and O–H groups in total. The lowest BCUT2D eigenvalue weighted by molar-refractivity contribution is -0.685. The van der Waals surface area contributed by atoms with Crippen molar-refractivity contribution in [2.45, 2.75) is 25.4 Å². The molecule has 2 aliphatic rings. The molecule has 0 unspecified atom stereocenters. The van der Waals surface area contributed by atoms with Crippen LogP contribution in [-0.2, 0) is 11.3 Å². The number of carbonyl (C=O) groups excluding carboxylic acids is 1. The van der Waals surface area contributed by atoms with E-state index in [1.54, 1.807) is 44.6 Å². The lowest BCUT2D eigenvalue weighted by atomic mass is 10.1. The number of carboxylic acid groups (broad SMARTS) is 1. The van der Waals surface area contributed by atoms with Gasteiger partial charge >= 0.3 is 5.97 Å². The van der Waals surface area contributed by atoms with Gasteiger partial charge in [0.25, 0.3) is 5.91 Å². The number of halogens is 1. The summed E-state index contributed by atoms with van der Waals surface area (Å²) in [5, 5.41) is 9.47. The Bertz CT molecular complexity index is 1340. The number of fused-ring (bicyclic) bond motifs is 1. The Hall–Kier alpha value is -3.95. The molecule has 3 aromatic rings.